The van der Waals surface area contributed by atoms with Crippen LogP contribution in [0.5, 0.6) is 11.5 Å². The minimum absolute atomic E-state index is 0.0763. The van der Waals surface area contributed by atoms with E-state index in [1.807, 2.05) is 42.5 Å². The molecule has 4 rings (SSSR count). The molecule has 0 spiro atoms. The first-order chi connectivity index (χ1) is 12.2. The Balaban J connectivity index is 1.47. The van der Waals surface area contributed by atoms with Crippen LogP contribution in [0.15, 0.2) is 48.7 Å². The Labute approximate surface area is 145 Å². The molecule has 1 aliphatic rings. The van der Waals surface area contributed by atoms with E-state index in [4.69, 9.17) is 9.47 Å². The molecule has 0 unspecified atom stereocenters. The molecule has 1 aromatic heterocycles. The minimum atomic E-state index is -0.0763. The number of aromatic nitrogens is 1. The molecule has 126 valence electrons. The summed E-state index contributed by atoms with van der Waals surface area (Å²) < 4.78 is 10.7. The lowest BCUT2D eigenvalue weighted by atomic mass is 10.1. The van der Waals surface area contributed by atoms with Gasteiger partial charge in [-0.05, 0) is 35.4 Å². The van der Waals surface area contributed by atoms with Crippen molar-refractivity contribution < 1.29 is 14.3 Å². The molecule has 25 heavy (non-hydrogen) atoms. The van der Waals surface area contributed by atoms with Gasteiger partial charge in [0, 0.05) is 17.9 Å². The van der Waals surface area contributed by atoms with E-state index < -0.39 is 0 Å². The summed E-state index contributed by atoms with van der Waals surface area (Å²) in [5, 5.41) is 3.85. The van der Waals surface area contributed by atoms with Crippen LogP contribution in [0.25, 0.3) is 10.9 Å². The number of ether oxygens (including phenoxy) is 2. The van der Waals surface area contributed by atoms with Crippen molar-refractivity contribution in [3.63, 3.8) is 0 Å². The van der Waals surface area contributed by atoms with Crippen molar-refractivity contribution in [1.29, 1.82) is 0 Å². The van der Waals surface area contributed by atoms with E-state index in [0.29, 0.717) is 12.1 Å². The topological polar surface area (TPSA) is 60.5 Å². The van der Waals surface area contributed by atoms with Crippen LogP contribution in [0, 0.1) is 0 Å². The molecule has 1 aliphatic heterocycles. The third kappa shape index (κ3) is 3.26. The molecular weight excluding hydrogens is 316 g/mol. The monoisotopic (exact) mass is 334 g/mol. The number of pyridine rings is 1. The van der Waals surface area contributed by atoms with Crippen LogP contribution < -0.4 is 14.8 Å². The fraction of sp³-hybridized carbons (Fsp3) is 0.200. The molecule has 3 aromatic rings. The summed E-state index contributed by atoms with van der Waals surface area (Å²) in [4.78, 5) is 16.7. The number of carbonyl (C=O) groups is 1. The zero-order valence-corrected chi connectivity index (χ0v) is 13.9. The zero-order chi connectivity index (χ0) is 17.2. The predicted molar refractivity (Wildman–Crippen MR) is 96.3 cm³/mol. The molecule has 0 saturated carbocycles. The lowest BCUT2D eigenvalue weighted by Gasteiger charge is -2.08. The van der Waals surface area contributed by atoms with Gasteiger partial charge >= 0.3 is 0 Å². The largest absolute Gasteiger partial charge is 0.497 e. The van der Waals surface area contributed by atoms with Gasteiger partial charge in [0.1, 0.15) is 11.5 Å². The Morgan fingerprint density at radius 2 is 2.16 bits per heavy atom. The molecular formula is C20H18N2O3. The Morgan fingerprint density at radius 3 is 3.04 bits per heavy atom. The van der Waals surface area contributed by atoms with Gasteiger partial charge in [0.15, 0.2) is 0 Å². The van der Waals surface area contributed by atoms with Crippen LogP contribution >= 0.6 is 0 Å². The number of rotatable bonds is 4. The number of hydrogen-bond acceptors (Lipinski definition) is 4. The highest BCUT2D eigenvalue weighted by Gasteiger charge is 2.13. The van der Waals surface area contributed by atoms with Gasteiger partial charge in [-0.3, -0.25) is 9.78 Å². The van der Waals surface area contributed by atoms with Crippen LogP contribution in [0.2, 0.25) is 0 Å². The molecule has 1 amide bonds. The van der Waals surface area contributed by atoms with Crippen molar-refractivity contribution in [2.45, 2.75) is 12.8 Å². The standard InChI is InChI=1S/C20H18N2O3/c1-24-17-5-4-15-10-16(12-21-18(15)11-17)22-20(23)9-13-2-3-14-6-7-25-19(14)8-13/h2-5,8,10-12H,6-7,9H2,1H3,(H,22,23). The summed E-state index contributed by atoms with van der Waals surface area (Å²) in [7, 11) is 1.62. The Morgan fingerprint density at radius 1 is 1.24 bits per heavy atom. The van der Waals surface area contributed by atoms with Gasteiger partial charge in [0.05, 0.1) is 37.5 Å². The van der Waals surface area contributed by atoms with Crippen molar-refractivity contribution in [1.82, 2.24) is 4.98 Å². The second-order valence-corrected chi connectivity index (χ2v) is 6.05. The van der Waals surface area contributed by atoms with Gasteiger partial charge in [-0.25, -0.2) is 0 Å². The second kappa shape index (κ2) is 6.43. The molecule has 0 radical (unpaired) electrons. The molecule has 0 bridgehead atoms. The second-order valence-electron chi connectivity index (χ2n) is 6.05. The summed E-state index contributed by atoms with van der Waals surface area (Å²) >= 11 is 0. The molecule has 0 fully saturated rings. The van der Waals surface area contributed by atoms with E-state index in [2.05, 4.69) is 10.3 Å². The number of nitrogens with zero attached hydrogens (tertiary/aromatic N) is 1. The number of methoxy groups -OCH3 is 1. The molecule has 0 aliphatic carbocycles. The third-order valence-corrected chi connectivity index (χ3v) is 4.30. The average Bonchev–Trinajstić information content (AvgIpc) is 3.09. The van der Waals surface area contributed by atoms with Gasteiger partial charge in [-0.2, -0.15) is 0 Å². The molecule has 1 N–H and O–H groups in total. The normalized spacial score (nSPS) is 12.5. The lowest BCUT2D eigenvalue weighted by Crippen LogP contribution is -2.14. The van der Waals surface area contributed by atoms with Crippen LogP contribution in [0.1, 0.15) is 11.1 Å². The van der Waals surface area contributed by atoms with Crippen molar-refractivity contribution in [3.8, 4) is 11.5 Å². The third-order valence-electron chi connectivity index (χ3n) is 4.30. The molecule has 5 heteroatoms. The first-order valence-electron chi connectivity index (χ1n) is 8.19. The number of amides is 1. The molecule has 2 heterocycles. The highest BCUT2D eigenvalue weighted by Crippen LogP contribution is 2.26. The maximum absolute atomic E-state index is 12.3. The first-order valence-corrected chi connectivity index (χ1v) is 8.19. The maximum Gasteiger partial charge on any atom is 0.228 e. The number of carbonyl (C=O) groups excluding carboxylic acids is 1. The number of fused-ring (bicyclic) bond motifs is 2. The van der Waals surface area contributed by atoms with Crippen LogP contribution in [0.4, 0.5) is 5.69 Å². The molecule has 5 nitrogen and oxygen atoms in total. The Hall–Kier alpha value is -3.08. The van der Waals surface area contributed by atoms with Crippen molar-refractivity contribution >= 4 is 22.5 Å². The smallest absolute Gasteiger partial charge is 0.228 e. The highest BCUT2D eigenvalue weighted by atomic mass is 16.5. The van der Waals surface area contributed by atoms with E-state index in [9.17, 15) is 4.79 Å². The number of hydrogen-bond donors (Lipinski definition) is 1. The maximum atomic E-state index is 12.3. The van der Waals surface area contributed by atoms with Gasteiger partial charge < -0.3 is 14.8 Å². The molecule has 0 atom stereocenters. The minimum Gasteiger partial charge on any atom is -0.497 e. The van der Waals surface area contributed by atoms with Gasteiger partial charge in [0.2, 0.25) is 5.91 Å². The van der Waals surface area contributed by atoms with E-state index in [1.54, 1.807) is 13.3 Å². The molecule has 2 aromatic carbocycles. The summed E-state index contributed by atoms with van der Waals surface area (Å²) in [6.45, 7) is 0.721. The van der Waals surface area contributed by atoms with E-state index in [0.717, 1.165) is 41.0 Å². The van der Waals surface area contributed by atoms with E-state index in [1.165, 1.54) is 5.56 Å². The van der Waals surface area contributed by atoms with Gasteiger partial charge in [-0.15, -0.1) is 0 Å². The van der Waals surface area contributed by atoms with Crippen LogP contribution in [-0.4, -0.2) is 24.6 Å². The number of benzene rings is 2. The lowest BCUT2D eigenvalue weighted by molar-refractivity contribution is -0.115. The highest BCUT2D eigenvalue weighted by molar-refractivity contribution is 5.94. The van der Waals surface area contributed by atoms with E-state index >= 15 is 0 Å². The Kier molecular flexibility index (Phi) is 3.98. The number of nitrogens with one attached hydrogen (secondary N) is 1. The summed E-state index contributed by atoms with van der Waals surface area (Å²) in [5.41, 5.74) is 3.66. The quantitative estimate of drug-likeness (QED) is 0.795. The summed E-state index contributed by atoms with van der Waals surface area (Å²) in [6.07, 6.45) is 2.90. The van der Waals surface area contributed by atoms with Gasteiger partial charge in [-0.1, -0.05) is 12.1 Å². The van der Waals surface area contributed by atoms with Crippen LogP contribution in [0.3, 0.4) is 0 Å². The van der Waals surface area contributed by atoms with Crippen LogP contribution in [-0.2, 0) is 17.6 Å². The SMILES string of the molecule is COc1ccc2cc(NC(=O)Cc3ccc4c(c3)OCC4)cnc2c1. The fourth-order valence-electron chi connectivity index (χ4n) is 3.01. The summed E-state index contributed by atoms with van der Waals surface area (Å²) in [5.74, 6) is 1.58. The summed E-state index contributed by atoms with van der Waals surface area (Å²) in [6, 6.07) is 13.5. The van der Waals surface area contributed by atoms with Crippen molar-refractivity contribution in [3.05, 3.63) is 59.8 Å². The first kappa shape index (κ1) is 15.4. The predicted octanol–water partition coefficient (Wildman–Crippen LogP) is 3.36. The number of anilines is 1. The fourth-order valence-corrected chi connectivity index (χ4v) is 3.01. The average molecular weight is 334 g/mol. The van der Waals surface area contributed by atoms with Gasteiger partial charge in [0.25, 0.3) is 0 Å². The van der Waals surface area contributed by atoms with Crippen molar-refractivity contribution in [2.24, 2.45) is 0 Å². The van der Waals surface area contributed by atoms with Crippen molar-refractivity contribution in [2.75, 3.05) is 19.0 Å². The van der Waals surface area contributed by atoms with E-state index in [-0.39, 0.29) is 5.91 Å². The zero-order valence-electron chi connectivity index (χ0n) is 13.9. The Bertz CT molecular complexity index is 953. The molecule has 0 saturated heterocycles.